The van der Waals surface area contributed by atoms with E-state index in [2.05, 4.69) is 5.32 Å². The van der Waals surface area contributed by atoms with Crippen LogP contribution in [0.2, 0.25) is 0 Å². The molecular weight excluding hydrogens is 254 g/mol. The Morgan fingerprint density at radius 3 is 2.89 bits per heavy atom. The lowest BCUT2D eigenvalue weighted by Gasteiger charge is -2.33. The van der Waals surface area contributed by atoms with Gasteiger partial charge in [0.25, 0.3) is 6.29 Å². The summed E-state index contributed by atoms with van der Waals surface area (Å²) < 4.78 is 16.0. The number of carbonyl (C=O) groups excluding carboxylic acids is 1. The molecule has 1 spiro atoms. The third kappa shape index (κ3) is 1.85. The monoisotopic (exact) mass is 269 g/mol. The normalized spacial score (nSPS) is 39.0. The van der Waals surface area contributed by atoms with Crippen molar-refractivity contribution in [3.8, 4) is 0 Å². The van der Waals surface area contributed by atoms with Gasteiger partial charge in [0.2, 0.25) is 0 Å². The van der Waals surface area contributed by atoms with Crippen LogP contribution in [0.25, 0.3) is 0 Å². The average Bonchev–Trinajstić information content (AvgIpc) is 3.05. The molecule has 0 bridgehead atoms. The lowest BCUT2D eigenvalue weighted by atomic mass is 9.83. The Kier molecular flexibility index (Phi) is 2.67. The van der Waals surface area contributed by atoms with Crippen LogP contribution >= 0.6 is 0 Å². The zero-order chi connectivity index (χ0) is 13.6. The Morgan fingerprint density at radius 2 is 2.32 bits per heavy atom. The highest BCUT2D eigenvalue weighted by atomic mass is 16.7. The van der Waals surface area contributed by atoms with Crippen LogP contribution in [-0.4, -0.2) is 42.7 Å². The van der Waals surface area contributed by atoms with Crippen molar-refractivity contribution in [3.05, 3.63) is 11.8 Å². The predicted molar refractivity (Wildman–Crippen MR) is 61.0 cm³/mol. The quantitative estimate of drug-likeness (QED) is 0.707. The second-order valence-corrected chi connectivity index (χ2v) is 5.06. The molecule has 2 fully saturated rings. The van der Waals surface area contributed by atoms with Crippen molar-refractivity contribution in [2.45, 2.75) is 24.7 Å². The second kappa shape index (κ2) is 4.12. The fraction of sp³-hybridized carbons (Fsp3) is 0.667. The van der Waals surface area contributed by atoms with E-state index in [1.807, 2.05) is 0 Å². The summed E-state index contributed by atoms with van der Waals surface area (Å²) in [5, 5.41) is 11.5. The molecular formula is C12H15NO6. The van der Waals surface area contributed by atoms with Crippen molar-refractivity contribution in [2.75, 3.05) is 13.7 Å². The van der Waals surface area contributed by atoms with Gasteiger partial charge in [0.15, 0.2) is 0 Å². The molecule has 1 aliphatic carbocycles. The lowest BCUT2D eigenvalue weighted by Crippen LogP contribution is -2.43. The smallest absolute Gasteiger partial charge is 0.409 e. The van der Waals surface area contributed by atoms with Gasteiger partial charge in [-0.2, -0.15) is 0 Å². The summed E-state index contributed by atoms with van der Waals surface area (Å²) in [5.74, 6) is -1.43. The summed E-state index contributed by atoms with van der Waals surface area (Å²) in [6, 6.07) is 0. The van der Waals surface area contributed by atoms with E-state index in [1.54, 1.807) is 0 Å². The van der Waals surface area contributed by atoms with E-state index in [4.69, 9.17) is 14.2 Å². The molecule has 0 unspecified atom stereocenters. The molecule has 1 saturated carbocycles. The van der Waals surface area contributed by atoms with E-state index in [1.165, 1.54) is 13.3 Å². The maximum absolute atomic E-state index is 11.3. The molecule has 7 heteroatoms. The number of fused-ring (bicyclic) bond motifs is 2. The van der Waals surface area contributed by atoms with Crippen LogP contribution in [0, 0.1) is 11.8 Å². The maximum atomic E-state index is 11.3. The number of alkyl carbamates (subject to hydrolysis) is 1. The molecule has 1 amide bonds. The van der Waals surface area contributed by atoms with Gasteiger partial charge in [0, 0.05) is 13.0 Å². The molecule has 19 heavy (non-hydrogen) atoms. The van der Waals surface area contributed by atoms with Gasteiger partial charge in [-0.15, -0.1) is 0 Å². The van der Waals surface area contributed by atoms with E-state index in [9.17, 15) is 14.7 Å². The largest absolute Gasteiger partial charge is 0.478 e. The molecule has 2 aliphatic heterocycles. The minimum atomic E-state index is -0.994. The van der Waals surface area contributed by atoms with Crippen LogP contribution in [0.3, 0.4) is 0 Å². The third-order valence-electron chi connectivity index (χ3n) is 4.13. The molecule has 1 saturated heterocycles. The van der Waals surface area contributed by atoms with Crippen LogP contribution in [0.1, 0.15) is 12.8 Å². The van der Waals surface area contributed by atoms with Gasteiger partial charge in [-0.1, -0.05) is 0 Å². The van der Waals surface area contributed by atoms with Crippen LogP contribution in [0.15, 0.2) is 11.8 Å². The number of ether oxygens (including phenoxy) is 3. The molecule has 104 valence electrons. The van der Waals surface area contributed by atoms with Gasteiger partial charge < -0.3 is 24.6 Å². The van der Waals surface area contributed by atoms with Gasteiger partial charge in [0.1, 0.15) is 5.60 Å². The molecule has 4 atom stereocenters. The minimum Gasteiger partial charge on any atom is -0.478 e. The molecule has 7 nitrogen and oxygen atoms in total. The van der Waals surface area contributed by atoms with Gasteiger partial charge in [0.05, 0.1) is 24.4 Å². The first-order valence-electron chi connectivity index (χ1n) is 6.18. The van der Waals surface area contributed by atoms with Crippen LogP contribution in [-0.2, 0) is 19.0 Å². The highest BCUT2D eigenvalue weighted by Gasteiger charge is 2.64. The standard InChI is InChI=1S/C12H15NO6/c1-13-11(16)19-10-8-6(2-3-12(8)5-18-12)7(4-17-10)9(14)15/h4,6,8,10H,2-3,5H2,1H3,(H,13,16)(H,14,15)/t6-,8+,10+,12+/m1/s1. The zero-order valence-corrected chi connectivity index (χ0v) is 10.4. The van der Waals surface area contributed by atoms with Crippen molar-refractivity contribution >= 4 is 12.1 Å². The lowest BCUT2D eigenvalue weighted by molar-refractivity contribution is -0.143. The fourth-order valence-corrected chi connectivity index (χ4v) is 3.12. The third-order valence-corrected chi connectivity index (χ3v) is 4.13. The number of carbonyl (C=O) groups is 2. The van der Waals surface area contributed by atoms with E-state index in [0.717, 1.165) is 6.42 Å². The Labute approximate surface area is 109 Å². The van der Waals surface area contributed by atoms with Crippen molar-refractivity contribution in [2.24, 2.45) is 11.8 Å². The number of aliphatic carboxylic acids is 1. The fourth-order valence-electron chi connectivity index (χ4n) is 3.12. The summed E-state index contributed by atoms with van der Waals surface area (Å²) in [6.45, 7) is 0.567. The van der Waals surface area contributed by atoms with E-state index in [0.29, 0.717) is 13.0 Å². The number of hydrogen-bond donors (Lipinski definition) is 2. The molecule has 3 aliphatic rings. The number of carboxylic acid groups (broad SMARTS) is 1. The minimum absolute atomic E-state index is 0.191. The molecule has 0 aromatic rings. The number of amides is 1. The summed E-state index contributed by atoms with van der Waals surface area (Å²) in [4.78, 5) is 22.5. The number of carboxylic acids is 1. The molecule has 0 aromatic carbocycles. The topological polar surface area (TPSA) is 97.4 Å². The van der Waals surface area contributed by atoms with Crippen LogP contribution < -0.4 is 5.32 Å². The van der Waals surface area contributed by atoms with Crippen LogP contribution in [0.5, 0.6) is 0 Å². The Balaban J connectivity index is 1.87. The van der Waals surface area contributed by atoms with E-state index >= 15 is 0 Å². The molecule has 2 N–H and O–H groups in total. The first-order chi connectivity index (χ1) is 9.07. The number of rotatable bonds is 2. The summed E-state index contributed by atoms with van der Waals surface area (Å²) >= 11 is 0. The summed E-state index contributed by atoms with van der Waals surface area (Å²) in [7, 11) is 1.46. The Hall–Kier alpha value is -1.76. The molecule has 2 heterocycles. The SMILES string of the molecule is CNC(=O)O[C@@H]1OC=C(C(=O)O)[C@H]2CC[C@]3(CO3)[C@H]12. The van der Waals surface area contributed by atoms with Crippen molar-refractivity contribution < 1.29 is 28.9 Å². The molecule has 0 aromatic heterocycles. The Bertz CT molecular complexity index is 455. The van der Waals surface area contributed by atoms with E-state index < -0.39 is 18.4 Å². The number of epoxide rings is 1. The summed E-state index contributed by atoms with van der Waals surface area (Å²) in [5.41, 5.74) is -0.146. The Morgan fingerprint density at radius 1 is 1.58 bits per heavy atom. The number of nitrogens with one attached hydrogen (secondary N) is 1. The summed E-state index contributed by atoms with van der Waals surface area (Å²) in [6.07, 6.45) is 1.28. The second-order valence-electron chi connectivity index (χ2n) is 5.06. The van der Waals surface area contributed by atoms with Crippen molar-refractivity contribution in [1.82, 2.24) is 5.32 Å². The zero-order valence-electron chi connectivity index (χ0n) is 10.4. The molecule has 3 rings (SSSR count). The van der Waals surface area contributed by atoms with Crippen LogP contribution in [0.4, 0.5) is 4.79 Å². The van der Waals surface area contributed by atoms with Gasteiger partial charge >= 0.3 is 12.1 Å². The number of hydrogen-bond acceptors (Lipinski definition) is 5. The highest BCUT2D eigenvalue weighted by molar-refractivity contribution is 5.87. The first-order valence-corrected chi connectivity index (χ1v) is 6.18. The maximum Gasteiger partial charge on any atom is 0.409 e. The predicted octanol–water partition coefficient (Wildman–Crippen LogP) is 0.462. The highest BCUT2D eigenvalue weighted by Crippen LogP contribution is 2.56. The van der Waals surface area contributed by atoms with Gasteiger partial charge in [-0.25, -0.2) is 9.59 Å². The van der Waals surface area contributed by atoms with Crippen molar-refractivity contribution in [1.29, 1.82) is 0 Å². The first kappa shape index (κ1) is 12.3. The molecule has 0 radical (unpaired) electrons. The van der Waals surface area contributed by atoms with E-state index in [-0.39, 0.29) is 23.0 Å². The van der Waals surface area contributed by atoms with Gasteiger partial charge in [-0.05, 0) is 12.8 Å². The average molecular weight is 269 g/mol. The van der Waals surface area contributed by atoms with Gasteiger partial charge in [-0.3, -0.25) is 0 Å². The van der Waals surface area contributed by atoms with Crippen molar-refractivity contribution in [3.63, 3.8) is 0 Å².